The van der Waals surface area contributed by atoms with Gasteiger partial charge in [-0.2, -0.15) is 0 Å². The quantitative estimate of drug-likeness (QED) is 0.901. The first-order valence-electron chi connectivity index (χ1n) is 7.64. The van der Waals surface area contributed by atoms with Gasteiger partial charge in [0.15, 0.2) is 0 Å². The third kappa shape index (κ3) is 2.58. The third-order valence-corrected chi connectivity index (χ3v) is 4.62. The van der Waals surface area contributed by atoms with E-state index in [1.807, 2.05) is 43.3 Å². The van der Waals surface area contributed by atoms with E-state index in [-0.39, 0.29) is 17.4 Å². The molecule has 1 N–H and O–H groups in total. The summed E-state index contributed by atoms with van der Waals surface area (Å²) in [6, 6.07) is 20.4. The molecule has 1 atom stereocenters. The van der Waals surface area contributed by atoms with Crippen LogP contribution >= 0.6 is 0 Å². The highest BCUT2D eigenvalue weighted by molar-refractivity contribution is 5.89. The number of carbonyl (C=O) groups excluding carboxylic acids is 1. The molecule has 1 fully saturated rings. The van der Waals surface area contributed by atoms with Gasteiger partial charge in [0.2, 0.25) is 5.91 Å². The Bertz CT molecular complexity index is 602. The average molecular weight is 279 g/mol. The maximum atomic E-state index is 12.8. The third-order valence-electron chi connectivity index (χ3n) is 4.62. The zero-order valence-electron chi connectivity index (χ0n) is 12.4. The SMILES string of the molecule is CC(NC(=O)C1(c2ccccc2)CCC1)c1ccccc1. The first kappa shape index (κ1) is 13.9. The highest BCUT2D eigenvalue weighted by Gasteiger charge is 2.45. The molecule has 0 spiro atoms. The Labute approximate surface area is 126 Å². The molecule has 2 heteroatoms. The molecule has 2 aromatic rings. The van der Waals surface area contributed by atoms with Gasteiger partial charge < -0.3 is 5.32 Å². The zero-order chi connectivity index (χ0) is 14.7. The largest absolute Gasteiger partial charge is 0.349 e. The molecule has 2 nitrogen and oxygen atoms in total. The van der Waals surface area contributed by atoms with Gasteiger partial charge in [0, 0.05) is 0 Å². The van der Waals surface area contributed by atoms with Crippen molar-refractivity contribution >= 4 is 5.91 Å². The molecular weight excluding hydrogens is 258 g/mol. The van der Waals surface area contributed by atoms with Crippen LogP contribution in [0.2, 0.25) is 0 Å². The maximum Gasteiger partial charge on any atom is 0.231 e. The fourth-order valence-corrected chi connectivity index (χ4v) is 3.09. The molecule has 3 rings (SSSR count). The molecule has 0 aromatic heterocycles. The van der Waals surface area contributed by atoms with Crippen molar-refractivity contribution in [3.8, 4) is 0 Å². The van der Waals surface area contributed by atoms with Crippen molar-refractivity contribution in [2.45, 2.75) is 37.6 Å². The standard InChI is InChI=1S/C19H21NO/c1-15(16-9-4-2-5-10-16)20-18(21)19(13-8-14-19)17-11-6-3-7-12-17/h2-7,9-12,15H,8,13-14H2,1H3,(H,20,21). The topological polar surface area (TPSA) is 29.1 Å². The second-order valence-electron chi connectivity index (χ2n) is 5.91. The molecule has 2 aromatic carbocycles. The van der Waals surface area contributed by atoms with E-state index in [4.69, 9.17) is 0 Å². The van der Waals surface area contributed by atoms with Gasteiger partial charge in [0.25, 0.3) is 0 Å². The van der Waals surface area contributed by atoms with Crippen molar-refractivity contribution in [2.24, 2.45) is 0 Å². The minimum Gasteiger partial charge on any atom is -0.349 e. The van der Waals surface area contributed by atoms with Crippen molar-refractivity contribution < 1.29 is 4.79 Å². The van der Waals surface area contributed by atoms with Crippen LogP contribution in [0.15, 0.2) is 60.7 Å². The van der Waals surface area contributed by atoms with E-state index in [1.165, 1.54) is 0 Å². The molecule has 21 heavy (non-hydrogen) atoms. The Hall–Kier alpha value is -2.09. The molecule has 1 saturated carbocycles. The van der Waals surface area contributed by atoms with E-state index in [1.54, 1.807) is 0 Å². The normalized spacial score (nSPS) is 17.6. The molecule has 1 aliphatic carbocycles. The lowest BCUT2D eigenvalue weighted by Crippen LogP contribution is -2.49. The van der Waals surface area contributed by atoms with Crippen molar-refractivity contribution in [2.75, 3.05) is 0 Å². The number of hydrogen-bond acceptors (Lipinski definition) is 1. The predicted molar refractivity (Wildman–Crippen MR) is 85.0 cm³/mol. The van der Waals surface area contributed by atoms with Gasteiger partial charge >= 0.3 is 0 Å². The van der Waals surface area contributed by atoms with Gasteiger partial charge in [0.05, 0.1) is 11.5 Å². The second-order valence-corrected chi connectivity index (χ2v) is 5.91. The van der Waals surface area contributed by atoms with Crippen LogP contribution in [-0.4, -0.2) is 5.91 Å². The molecular formula is C19H21NO. The minimum absolute atomic E-state index is 0.0416. The predicted octanol–water partition coefficient (Wildman–Crippen LogP) is 3.99. The van der Waals surface area contributed by atoms with Crippen LogP contribution in [0.3, 0.4) is 0 Å². The molecule has 1 amide bonds. The summed E-state index contributed by atoms with van der Waals surface area (Å²) >= 11 is 0. The van der Waals surface area contributed by atoms with E-state index in [0.29, 0.717) is 0 Å². The summed E-state index contributed by atoms with van der Waals surface area (Å²) in [4.78, 5) is 12.8. The Morgan fingerprint density at radius 3 is 2.10 bits per heavy atom. The second kappa shape index (κ2) is 5.72. The fourth-order valence-electron chi connectivity index (χ4n) is 3.09. The first-order chi connectivity index (χ1) is 10.2. The molecule has 0 saturated heterocycles. The summed E-state index contributed by atoms with van der Waals surface area (Å²) in [5.74, 6) is 0.163. The van der Waals surface area contributed by atoms with Gasteiger partial charge in [-0.05, 0) is 30.9 Å². The van der Waals surface area contributed by atoms with Crippen LogP contribution in [0, 0.1) is 0 Å². The van der Waals surface area contributed by atoms with E-state index in [2.05, 4.69) is 29.6 Å². The molecule has 0 heterocycles. The Morgan fingerprint density at radius 1 is 1.00 bits per heavy atom. The van der Waals surface area contributed by atoms with Gasteiger partial charge in [-0.3, -0.25) is 4.79 Å². The van der Waals surface area contributed by atoms with Crippen LogP contribution in [0.1, 0.15) is 43.4 Å². The number of rotatable bonds is 4. The molecule has 1 unspecified atom stereocenters. The fraction of sp³-hybridized carbons (Fsp3) is 0.316. The van der Waals surface area contributed by atoms with E-state index in [9.17, 15) is 4.79 Å². The van der Waals surface area contributed by atoms with Crippen molar-refractivity contribution in [1.82, 2.24) is 5.32 Å². The van der Waals surface area contributed by atoms with Gasteiger partial charge in [-0.1, -0.05) is 67.1 Å². The highest BCUT2D eigenvalue weighted by Crippen LogP contribution is 2.44. The number of amides is 1. The van der Waals surface area contributed by atoms with Crippen LogP contribution in [-0.2, 0) is 10.2 Å². The Balaban J connectivity index is 1.78. The summed E-state index contributed by atoms with van der Waals surface area (Å²) < 4.78 is 0. The number of benzene rings is 2. The minimum atomic E-state index is -0.315. The summed E-state index contributed by atoms with van der Waals surface area (Å²) in [6.07, 6.45) is 3.02. The van der Waals surface area contributed by atoms with Gasteiger partial charge in [-0.15, -0.1) is 0 Å². The molecule has 0 bridgehead atoms. The van der Waals surface area contributed by atoms with Crippen LogP contribution < -0.4 is 5.32 Å². The highest BCUT2D eigenvalue weighted by atomic mass is 16.2. The van der Waals surface area contributed by atoms with Crippen LogP contribution in [0.25, 0.3) is 0 Å². The first-order valence-corrected chi connectivity index (χ1v) is 7.64. The molecule has 0 aliphatic heterocycles. The lowest BCUT2D eigenvalue weighted by molar-refractivity contribution is -0.130. The van der Waals surface area contributed by atoms with Crippen molar-refractivity contribution in [3.63, 3.8) is 0 Å². The monoisotopic (exact) mass is 279 g/mol. The number of carbonyl (C=O) groups is 1. The summed E-state index contributed by atoms with van der Waals surface area (Å²) in [5, 5.41) is 3.20. The lowest BCUT2D eigenvalue weighted by Gasteiger charge is -2.41. The van der Waals surface area contributed by atoms with Crippen LogP contribution in [0.4, 0.5) is 0 Å². The smallest absolute Gasteiger partial charge is 0.231 e. The van der Waals surface area contributed by atoms with E-state index < -0.39 is 0 Å². The molecule has 108 valence electrons. The summed E-state index contributed by atoms with van der Waals surface area (Å²) in [5.41, 5.74) is 1.98. The maximum absolute atomic E-state index is 12.8. The lowest BCUT2D eigenvalue weighted by atomic mass is 9.63. The van der Waals surface area contributed by atoms with Gasteiger partial charge in [-0.25, -0.2) is 0 Å². The van der Waals surface area contributed by atoms with Crippen molar-refractivity contribution in [3.05, 3.63) is 71.8 Å². The number of nitrogens with one attached hydrogen (secondary N) is 1. The molecule has 0 radical (unpaired) electrons. The zero-order valence-corrected chi connectivity index (χ0v) is 12.4. The average Bonchev–Trinajstić information content (AvgIpc) is 2.48. The van der Waals surface area contributed by atoms with E-state index >= 15 is 0 Å². The van der Waals surface area contributed by atoms with Crippen molar-refractivity contribution in [1.29, 1.82) is 0 Å². The Kier molecular flexibility index (Phi) is 3.78. The number of hydrogen-bond donors (Lipinski definition) is 1. The molecule has 1 aliphatic rings. The van der Waals surface area contributed by atoms with Gasteiger partial charge in [0.1, 0.15) is 0 Å². The summed E-state index contributed by atoms with van der Waals surface area (Å²) in [7, 11) is 0. The van der Waals surface area contributed by atoms with Crippen LogP contribution in [0.5, 0.6) is 0 Å². The summed E-state index contributed by atoms with van der Waals surface area (Å²) in [6.45, 7) is 2.05. The Morgan fingerprint density at radius 2 is 1.57 bits per heavy atom. The van der Waals surface area contributed by atoms with E-state index in [0.717, 1.165) is 30.4 Å².